The van der Waals surface area contributed by atoms with Crippen molar-refractivity contribution in [2.75, 3.05) is 24.8 Å². The summed E-state index contributed by atoms with van der Waals surface area (Å²) in [6.07, 6.45) is 1.52. The molecule has 0 saturated carbocycles. The summed E-state index contributed by atoms with van der Waals surface area (Å²) in [5, 5.41) is -0.843. The molecule has 18 nitrogen and oxygen atoms in total. The number of hydrogen-bond donors (Lipinski definition) is 0. The molecule has 1 aromatic carbocycles. The van der Waals surface area contributed by atoms with E-state index in [9.17, 15) is 26.4 Å². The number of allylic oxidation sites excluding steroid dienone is 1. The molecule has 5 aliphatic rings. The minimum absolute atomic E-state index is 0.00168. The number of carbonyl (C=O) groups is 2. The lowest BCUT2D eigenvalue weighted by molar-refractivity contribution is -0.266. The van der Waals surface area contributed by atoms with Gasteiger partial charge in [0.1, 0.15) is 47.7 Å². The molecular weight excluding hydrogens is 1680 g/mol. The molecule has 654 valence electrons. The third-order valence-electron chi connectivity index (χ3n) is 27.7. The predicted octanol–water partition coefficient (Wildman–Crippen LogP) is 21.9. The van der Waals surface area contributed by atoms with Gasteiger partial charge in [0.05, 0.1) is 73.2 Å². The number of fused-ring (bicyclic) bond motifs is 2. The van der Waals surface area contributed by atoms with Gasteiger partial charge in [-0.15, -0.1) is 0 Å². The van der Waals surface area contributed by atoms with Crippen molar-refractivity contribution < 1.29 is 95.1 Å². The van der Waals surface area contributed by atoms with Crippen molar-refractivity contribution in [1.82, 2.24) is 0 Å². The summed E-state index contributed by atoms with van der Waals surface area (Å²) in [5.74, 6) is -1.98. The Kier molecular flexibility index (Phi) is 34.9. The Balaban J connectivity index is 1.38. The Morgan fingerprint density at radius 2 is 1.19 bits per heavy atom. The monoisotopic (exact) mass is 1830 g/mol. The zero-order chi connectivity index (χ0) is 85.7. The van der Waals surface area contributed by atoms with Crippen LogP contribution >= 0.6 is 22.6 Å². The van der Waals surface area contributed by atoms with Gasteiger partial charge in [0.15, 0.2) is 49.9 Å². The van der Waals surface area contributed by atoms with E-state index in [2.05, 4.69) is 223 Å². The molecule has 29 heteroatoms. The van der Waals surface area contributed by atoms with Crippen LogP contribution in [0.3, 0.4) is 0 Å². The zero-order valence-electron chi connectivity index (χ0n) is 75.1. The van der Waals surface area contributed by atoms with E-state index in [0.717, 1.165) is 18.1 Å². The van der Waals surface area contributed by atoms with E-state index in [0.29, 0.717) is 81.0 Å². The van der Waals surface area contributed by atoms with Crippen molar-refractivity contribution in [3.8, 4) is 0 Å². The van der Waals surface area contributed by atoms with Crippen LogP contribution in [0.4, 0.5) is 13.2 Å². The number of hydrogen-bond acceptors (Lipinski definition) is 18. The minimum atomic E-state index is -5.89. The van der Waals surface area contributed by atoms with Crippen molar-refractivity contribution in [3.63, 3.8) is 0 Å². The van der Waals surface area contributed by atoms with Crippen molar-refractivity contribution in [3.05, 3.63) is 60.4 Å². The number of ketones is 1. The minimum Gasteiger partial charge on any atom is -0.455 e. The Bertz CT molecular complexity index is 3360. The maximum Gasteiger partial charge on any atom is 0.534 e. The molecule has 1 aromatic rings. The lowest BCUT2D eigenvalue weighted by Gasteiger charge is -2.56. The number of methoxy groups -OCH3 is 1. The van der Waals surface area contributed by atoms with E-state index in [1.54, 1.807) is 38.3 Å². The summed E-state index contributed by atoms with van der Waals surface area (Å²) < 4.78 is 163. The second-order valence-corrected chi connectivity index (χ2v) is 71.9. The number of esters is 1. The molecule has 0 N–H and O–H groups in total. The quantitative estimate of drug-likeness (QED) is 0.00880. The molecule has 5 heterocycles. The number of carbonyl (C=O) groups excluding carboxylic acids is 2. The highest BCUT2D eigenvalue weighted by Crippen LogP contribution is 2.51. The molecular formula is C84H152F3IO18SSi6. The standard InChI is InChI=1S/C84H152F3IO18SSi6/c1-32-113(33-2,34-3)94-49-48-67-66(72(93-21)70(99-67)53-65(103-109(24,25)79(9,10)11)55-95-108(22,23)78(6,7)8)52-60(89)51-62-43-45-68-73(97-62)75(105-111(28,29)81(15,16)17)76(106-112(30,31)82(18,19)20)74(100-68)69(104-110(26,27)80(12,13)14)46-42-61(98-77(90)59-38-36-35-37-39-59)40-41-64-54-83(56-88)71(96-64)47-44-63(101-83)50-57(4)58(5)102-107(91,92)84(85,86)87/h35-39,42,46,57,61-76H,5,32-34,40-41,43-45,47-56H2,1-4,6-31H3/b46-42+/t57?,61-,62-,63-,64+,65+,66+,67+,68+,69+,70-,71+,72-,73+,74+,75+,76-,83-/m1/s1. The highest BCUT2D eigenvalue weighted by molar-refractivity contribution is 14.1. The van der Waals surface area contributed by atoms with Crippen LogP contribution in [0.5, 0.6) is 0 Å². The summed E-state index contributed by atoms with van der Waals surface area (Å²) in [4.78, 5) is 29.9. The molecule has 5 saturated heterocycles. The second-order valence-electron chi connectivity index (χ2n) is 41.0. The van der Waals surface area contributed by atoms with Crippen LogP contribution in [-0.2, 0) is 78.8 Å². The second kappa shape index (κ2) is 39.2. The van der Waals surface area contributed by atoms with Crippen LogP contribution in [0.1, 0.15) is 219 Å². The van der Waals surface area contributed by atoms with E-state index in [-0.39, 0.29) is 86.7 Å². The van der Waals surface area contributed by atoms with Gasteiger partial charge < -0.3 is 63.9 Å². The van der Waals surface area contributed by atoms with Gasteiger partial charge in [-0.2, -0.15) is 21.6 Å². The van der Waals surface area contributed by atoms with Crippen LogP contribution < -0.4 is 0 Å². The van der Waals surface area contributed by atoms with Crippen molar-refractivity contribution in [2.45, 2.75) is 420 Å². The predicted molar refractivity (Wildman–Crippen MR) is 470 cm³/mol. The topological polar surface area (TPSA) is 197 Å². The van der Waals surface area contributed by atoms with Gasteiger partial charge in [-0.3, -0.25) is 4.79 Å². The average Bonchev–Trinajstić information content (AvgIpc) is 0.961. The van der Waals surface area contributed by atoms with E-state index < -0.39 is 150 Å². The summed E-state index contributed by atoms with van der Waals surface area (Å²) in [5.41, 5.74) is -5.96. The molecule has 18 atom stereocenters. The molecule has 113 heavy (non-hydrogen) atoms. The van der Waals surface area contributed by atoms with Gasteiger partial charge in [-0.1, -0.05) is 185 Å². The third kappa shape index (κ3) is 26.0. The smallest absolute Gasteiger partial charge is 0.455 e. The maximum absolute atomic E-state index is 15.5. The number of benzene rings is 1. The fourth-order valence-electron chi connectivity index (χ4n) is 14.9. The molecule has 0 bridgehead atoms. The lowest BCUT2D eigenvalue weighted by Crippen LogP contribution is -2.69. The maximum atomic E-state index is 15.5. The molecule has 0 radical (unpaired) electrons. The number of Topliss-reactive ketones (excluding diaryl/α,β-unsaturated/α-hetero) is 1. The zero-order valence-corrected chi connectivity index (χ0v) is 84.0. The Morgan fingerprint density at radius 3 is 1.72 bits per heavy atom. The third-order valence-corrected chi connectivity index (χ3v) is 57.1. The highest BCUT2D eigenvalue weighted by atomic mass is 127. The molecule has 0 aromatic heterocycles. The average molecular weight is 1830 g/mol. The van der Waals surface area contributed by atoms with Crippen LogP contribution in [0, 0.1) is 11.8 Å². The molecule has 1 unspecified atom stereocenters. The summed E-state index contributed by atoms with van der Waals surface area (Å²) >= 11 is 2.30. The van der Waals surface area contributed by atoms with Gasteiger partial charge in [-0.05, 0) is 178 Å². The van der Waals surface area contributed by atoms with Crippen LogP contribution in [0.25, 0.3) is 0 Å². The molecule has 5 aliphatic heterocycles. The lowest BCUT2D eigenvalue weighted by atomic mass is 9.85. The van der Waals surface area contributed by atoms with Crippen LogP contribution in [-0.4, -0.2) is 197 Å². The molecule has 0 spiro atoms. The first kappa shape index (κ1) is 101. The highest BCUT2D eigenvalue weighted by Gasteiger charge is 2.60. The molecule has 0 amide bonds. The van der Waals surface area contributed by atoms with Crippen molar-refractivity contribution in [2.24, 2.45) is 11.8 Å². The molecule has 5 fully saturated rings. The molecule has 0 aliphatic carbocycles. The Labute approximate surface area is 701 Å². The Morgan fingerprint density at radius 1 is 0.637 bits per heavy atom. The first-order valence-corrected chi connectivity index (χ1v) is 62.1. The van der Waals surface area contributed by atoms with E-state index in [1.165, 1.54) is 0 Å². The van der Waals surface area contributed by atoms with Crippen molar-refractivity contribution in [1.29, 1.82) is 0 Å². The van der Waals surface area contributed by atoms with Crippen LogP contribution in [0.2, 0.25) is 109 Å². The fourth-order valence-corrected chi connectivity index (χ4v) is 25.3. The number of alkyl halides is 4. The van der Waals surface area contributed by atoms with Crippen LogP contribution in [0.15, 0.2) is 54.8 Å². The van der Waals surface area contributed by atoms with E-state index in [4.69, 9.17) is 59.7 Å². The number of halogens is 4. The SMILES string of the molecule is C=C(OS(=O)(=O)C(F)(F)F)C(C)C[C@H]1CC[C@@H]2O[C@@H](CC[C@H](/C=C/[C@H](O[Si](C)(C)C(C)(C)C)[C@@H]3O[C@H]4CC[C@H](CC(=O)C[C@@H]5[C@@H](OC)[C@@H](C[C@@H](CO[Si](C)(C)C(C)(C)C)O[Si](C)(C)C(C)(C)C)O[C@H]5CCO[Si](CC)(CC)CC)O[C@@H]4[C@H](O[Si](C)(C)C(C)(C)C)[C@@H]3O[Si](C)(C)C(C)(C)C)OC(=O)c3ccccc3)C[C@]2(CI)O1. The van der Waals surface area contributed by atoms with Gasteiger partial charge in [0.25, 0.3) is 0 Å². The summed E-state index contributed by atoms with van der Waals surface area (Å²) in [6, 6.07) is 12.0. The summed E-state index contributed by atoms with van der Waals surface area (Å²) in [7, 11) is -18.9. The fraction of sp³-hybridized carbons (Fsp3) is 0.857. The first-order valence-electron chi connectivity index (χ1n) is 42.1. The van der Waals surface area contributed by atoms with Crippen molar-refractivity contribution >= 4 is 94.4 Å². The Hall–Kier alpha value is -1.07. The number of rotatable bonds is 39. The van der Waals surface area contributed by atoms with E-state index in [1.807, 2.05) is 18.2 Å². The van der Waals surface area contributed by atoms with E-state index >= 15 is 4.79 Å². The molecule has 6 rings (SSSR count). The van der Waals surface area contributed by atoms with Gasteiger partial charge in [0.2, 0.25) is 0 Å². The summed E-state index contributed by atoms with van der Waals surface area (Å²) in [6.45, 7) is 69.2. The first-order chi connectivity index (χ1) is 51.6. The normalized spacial score (nSPS) is 28.2. The van der Waals surface area contributed by atoms with Gasteiger partial charge >= 0.3 is 21.6 Å². The van der Waals surface area contributed by atoms with Gasteiger partial charge in [0, 0.05) is 55.7 Å². The van der Waals surface area contributed by atoms with Gasteiger partial charge in [-0.25, -0.2) is 4.79 Å². The number of ether oxygens (including phenoxy) is 7. The largest absolute Gasteiger partial charge is 0.534 e.